The molecule has 0 aromatic carbocycles. The molecule has 0 saturated carbocycles. The van der Waals surface area contributed by atoms with E-state index < -0.39 is 0 Å². The second-order valence-corrected chi connectivity index (χ2v) is 4.70. The summed E-state index contributed by atoms with van der Waals surface area (Å²) >= 11 is 0. The van der Waals surface area contributed by atoms with Crippen LogP contribution >= 0.6 is 0 Å². The van der Waals surface area contributed by atoms with Crippen molar-refractivity contribution in [3.05, 3.63) is 18.7 Å². The Labute approximate surface area is 112 Å². The highest BCUT2D eigenvalue weighted by molar-refractivity contribution is 4.60. The number of aromatic amines is 1. The molecule has 0 radical (unpaired) electrons. The Kier molecular flexibility index (Phi) is 10.3. The van der Waals surface area contributed by atoms with Gasteiger partial charge in [0.05, 0.1) is 0 Å². The predicted octanol–water partition coefficient (Wildman–Crippen LogP) is 1.01. The summed E-state index contributed by atoms with van der Waals surface area (Å²) in [6, 6.07) is 0.706. The highest BCUT2D eigenvalue weighted by atomic mass is 35.5. The zero-order valence-corrected chi connectivity index (χ0v) is 12.0. The number of nitrogens with zero attached hydrogens (tertiary/aromatic N) is 1. The van der Waals surface area contributed by atoms with Gasteiger partial charge < -0.3 is 12.4 Å². The number of imidazole rings is 1. The van der Waals surface area contributed by atoms with Crippen LogP contribution in [0, 0.1) is 0 Å². The van der Waals surface area contributed by atoms with Crippen LogP contribution in [0.2, 0.25) is 0 Å². The highest BCUT2D eigenvalue weighted by Gasteiger charge is 2.13. The fourth-order valence-corrected chi connectivity index (χ4v) is 2.29. The van der Waals surface area contributed by atoms with Crippen LogP contribution in [0.4, 0.5) is 0 Å². The Hall–Kier alpha value is -0.500. The Balaban J connectivity index is 0.00000256. The average Bonchev–Trinajstić information content (AvgIpc) is 2.81. The monoisotopic (exact) mass is 258 g/mol. The number of aromatic nitrogens is 2. The topological polar surface area (TPSA) is 19.7 Å². The van der Waals surface area contributed by atoms with Gasteiger partial charge in [-0.05, 0) is 19.3 Å². The Bertz CT molecular complexity index is 247. The van der Waals surface area contributed by atoms with Gasteiger partial charge in [0.2, 0.25) is 6.33 Å². The molecule has 0 amide bonds. The van der Waals surface area contributed by atoms with Gasteiger partial charge in [-0.25, -0.2) is 4.57 Å². The predicted molar refractivity (Wildman–Crippen MR) is 68.3 cm³/mol. The quantitative estimate of drug-likeness (QED) is 0.504. The maximum atomic E-state index is 3.14. The van der Waals surface area contributed by atoms with Crippen LogP contribution in [0.5, 0.6) is 0 Å². The van der Waals surface area contributed by atoms with Crippen LogP contribution in [0.25, 0.3) is 0 Å². The van der Waals surface area contributed by atoms with Gasteiger partial charge in [-0.2, -0.15) is 0 Å². The molecule has 100 valence electrons. The second kappa shape index (κ2) is 10.6. The summed E-state index contributed by atoms with van der Waals surface area (Å²) < 4.78 is 2.34. The third kappa shape index (κ3) is 6.72. The van der Waals surface area contributed by atoms with E-state index in [2.05, 4.69) is 35.9 Å². The number of unbranched alkanes of at least 4 members (excludes halogenated alkanes) is 4. The first-order chi connectivity index (χ1) is 7.88. The molecule has 1 N–H and O–H groups in total. The van der Waals surface area contributed by atoms with Gasteiger partial charge in [-0.3, -0.25) is 4.98 Å². The molecule has 0 bridgehead atoms. The van der Waals surface area contributed by atoms with Gasteiger partial charge in [0.1, 0.15) is 18.4 Å². The average molecular weight is 259 g/mol. The van der Waals surface area contributed by atoms with E-state index in [-0.39, 0.29) is 12.4 Å². The summed E-state index contributed by atoms with van der Waals surface area (Å²) in [6.45, 7) is 4.55. The highest BCUT2D eigenvalue weighted by Crippen LogP contribution is 2.16. The first-order valence-electron chi connectivity index (χ1n) is 6.92. The number of H-pyrrole nitrogens is 1. The molecule has 0 spiro atoms. The molecular formula is C14H27ClN2. The Morgan fingerprint density at radius 2 is 1.76 bits per heavy atom. The number of hydrogen-bond acceptors (Lipinski definition) is 0. The van der Waals surface area contributed by atoms with Crippen molar-refractivity contribution >= 4 is 0 Å². The van der Waals surface area contributed by atoms with E-state index >= 15 is 0 Å². The zero-order valence-electron chi connectivity index (χ0n) is 11.3. The third-order valence-electron chi connectivity index (χ3n) is 3.25. The number of nitrogens with one attached hydrogen (secondary N) is 1. The maximum absolute atomic E-state index is 3.14. The molecule has 1 aromatic rings. The van der Waals surface area contributed by atoms with Gasteiger partial charge in [-0.15, -0.1) is 0 Å². The molecule has 3 heteroatoms. The standard InChI is InChI=1S/C14H26N2.ClH/c1-3-5-6-7-8-10-14(9-4-2)16-12-11-15-13-16;/h11-14H,3-10H2,1-2H3;1H. The SMILES string of the molecule is CCCCCCCC(CCC)[n+]1cc[nH]c1.[Cl-]. The maximum Gasteiger partial charge on any atom is 0.241 e. The number of rotatable bonds is 9. The molecule has 17 heavy (non-hydrogen) atoms. The van der Waals surface area contributed by atoms with Crippen LogP contribution in [0.1, 0.15) is 71.3 Å². The van der Waals surface area contributed by atoms with Crippen LogP contribution in [-0.4, -0.2) is 4.98 Å². The molecule has 0 fully saturated rings. The zero-order chi connectivity index (χ0) is 11.6. The minimum absolute atomic E-state index is 0. The molecule has 1 unspecified atom stereocenters. The largest absolute Gasteiger partial charge is 1.00 e. The second-order valence-electron chi connectivity index (χ2n) is 4.70. The molecule has 1 atom stereocenters. The molecule has 0 aliphatic carbocycles. The van der Waals surface area contributed by atoms with E-state index in [0.29, 0.717) is 6.04 Å². The molecule has 0 aliphatic rings. The van der Waals surface area contributed by atoms with Gasteiger partial charge in [0, 0.05) is 0 Å². The molecule has 2 nitrogen and oxygen atoms in total. The summed E-state index contributed by atoms with van der Waals surface area (Å²) in [7, 11) is 0. The fourth-order valence-electron chi connectivity index (χ4n) is 2.29. The minimum Gasteiger partial charge on any atom is -1.00 e. The third-order valence-corrected chi connectivity index (χ3v) is 3.25. The van der Waals surface area contributed by atoms with Crippen molar-refractivity contribution < 1.29 is 17.0 Å². The molecule has 0 aliphatic heterocycles. The lowest BCUT2D eigenvalue weighted by Crippen LogP contribution is -3.00. The van der Waals surface area contributed by atoms with Crippen molar-refractivity contribution in [3.8, 4) is 0 Å². The van der Waals surface area contributed by atoms with Crippen LogP contribution in [-0.2, 0) is 0 Å². The normalized spacial score (nSPS) is 12.1. The van der Waals surface area contributed by atoms with Crippen molar-refractivity contribution in [2.45, 2.75) is 71.3 Å². The molecule has 1 heterocycles. The lowest BCUT2D eigenvalue weighted by molar-refractivity contribution is -0.723. The van der Waals surface area contributed by atoms with E-state index in [4.69, 9.17) is 0 Å². The fraction of sp³-hybridized carbons (Fsp3) is 0.786. The molecule has 1 aromatic heterocycles. The van der Waals surface area contributed by atoms with Gasteiger partial charge in [0.15, 0.2) is 0 Å². The van der Waals surface area contributed by atoms with E-state index in [0.717, 1.165) is 0 Å². The van der Waals surface area contributed by atoms with Crippen LogP contribution in [0.15, 0.2) is 18.7 Å². The lowest BCUT2D eigenvalue weighted by Gasteiger charge is -2.12. The van der Waals surface area contributed by atoms with Gasteiger partial charge in [-0.1, -0.05) is 46.0 Å². The lowest BCUT2D eigenvalue weighted by atomic mass is 10.0. The smallest absolute Gasteiger partial charge is 0.241 e. The Morgan fingerprint density at radius 3 is 2.35 bits per heavy atom. The van der Waals surface area contributed by atoms with Crippen molar-refractivity contribution in [1.29, 1.82) is 0 Å². The van der Waals surface area contributed by atoms with Crippen molar-refractivity contribution in [2.75, 3.05) is 0 Å². The van der Waals surface area contributed by atoms with Crippen molar-refractivity contribution in [1.82, 2.24) is 4.98 Å². The molecular weight excluding hydrogens is 232 g/mol. The molecule has 1 rings (SSSR count). The minimum atomic E-state index is 0. The Morgan fingerprint density at radius 1 is 1.00 bits per heavy atom. The summed E-state index contributed by atoms with van der Waals surface area (Å²) in [5.74, 6) is 0. The summed E-state index contributed by atoms with van der Waals surface area (Å²) in [4.78, 5) is 3.14. The number of halogens is 1. The van der Waals surface area contributed by atoms with Crippen molar-refractivity contribution in [2.24, 2.45) is 0 Å². The van der Waals surface area contributed by atoms with Gasteiger partial charge >= 0.3 is 0 Å². The summed E-state index contributed by atoms with van der Waals surface area (Å²) in [5.41, 5.74) is 0. The van der Waals surface area contributed by atoms with E-state index in [1.807, 2.05) is 6.20 Å². The first-order valence-corrected chi connectivity index (χ1v) is 6.92. The van der Waals surface area contributed by atoms with Gasteiger partial charge in [0.25, 0.3) is 0 Å². The van der Waals surface area contributed by atoms with E-state index in [1.54, 1.807) is 0 Å². The molecule has 0 saturated heterocycles. The van der Waals surface area contributed by atoms with Crippen LogP contribution < -0.4 is 17.0 Å². The van der Waals surface area contributed by atoms with Crippen LogP contribution in [0.3, 0.4) is 0 Å². The summed E-state index contributed by atoms with van der Waals surface area (Å²) in [5, 5.41) is 0. The van der Waals surface area contributed by atoms with Crippen molar-refractivity contribution in [3.63, 3.8) is 0 Å². The summed E-state index contributed by atoms with van der Waals surface area (Å²) in [6.07, 6.45) is 17.1. The van der Waals surface area contributed by atoms with E-state index in [1.165, 1.54) is 51.4 Å². The number of hydrogen-bond donors (Lipinski definition) is 1. The van der Waals surface area contributed by atoms with E-state index in [9.17, 15) is 0 Å². The first kappa shape index (κ1) is 16.5.